The smallest absolute Gasteiger partial charge is 0.286 e. The van der Waals surface area contributed by atoms with E-state index in [1.54, 1.807) is 20.2 Å². The van der Waals surface area contributed by atoms with Crippen LogP contribution in [-0.4, -0.2) is 71.1 Å². The number of fused-ring (bicyclic) bond motifs is 4. The number of aromatic nitrogens is 2. The maximum Gasteiger partial charge on any atom is 0.286 e. The lowest BCUT2D eigenvalue weighted by Crippen LogP contribution is -2.52. The van der Waals surface area contributed by atoms with Gasteiger partial charge >= 0.3 is 0 Å². The molecule has 1 fully saturated rings. The second-order valence-corrected chi connectivity index (χ2v) is 17.7. The topological polar surface area (TPSA) is 124 Å². The number of aryl methyl sites for hydroxylation is 2. The van der Waals surface area contributed by atoms with Gasteiger partial charge in [0.2, 0.25) is 5.88 Å². The normalized spacial score (nSPS) is 30.8. The molecule has 1 unspecified atom stereocenters. The average Bonchev–Trinajstić information content (AvgIpc) is 3.41. The van der Waals surface area contributed by atoms with E-state index < -0.39 is 27.3 Å². The van der Waals surface area contributed by atoms with E-state index in [1.807, 2.05) is 25.1 Å². The van der Waals surface area contributed by atoms with Crippen molar-refractivity contribution in [2.75, 3.05) is 44.6 Å². The van der Waals surface area contributed by atoms with E-state index in [0.29, 0.717) is 31.2 Å². The predicted octanol–water partition coefficient (Wildman–Crippen LogP) is 6.54. The van der Waals surface area contributed by atoms with Crippen LogP contribution in [0.1, 0.15) is 77.8 Å². The summed E-state index contributed by atoms with van der Waals surface area (Å²) in [6.07, 6.45) is 11.3. The zero-order valence-electron chi connectivity index (χ0n) is 30.5. The molecule has 1 aromatic heterocycles. The number of benzene rings is 2. The molecule has 0 radical (unpaired) electrons. The van der Waals surface area contributed by atoms with Crippen LogP contribution < -0.4 is 19.1 Å². The fraction of sp³-hybridized carbons (Fsp3) is 0.513. The van der Waals surface area contributed by atoms with Crippen LogP contribution in [-0.2, 0) is 33.5 Å². The van der Waals surface area contributed by atoms with E-state index in [2.05, 4.69) is 50.3 Å². The van der Waals surface area contributed by atoms with Gasteiger partial charge in [0.05, 0.1) is 30.8 Å². The van der Waals surface area contributed by atoms with Gasteiger partial charge in [-0.15, -0.1) is 9.46 Å². The van der Waals surface area contributed by atoms with E-state index in [1.165, 1.54) is 29.1 Å². The molecular weight excluding hydrogens is 702 g/mol. The van der Waals surface area contributed by atoms with Crippen molar-refractivity contribution in [3.05, 3.63) is 82.0 Å². The summed E-state index contributed by atoms with van der Waals surface area (Å²) in [5.74, 6) is -0.207. The van der Waals surface area contributed by atoms with Crippen molar-refractivity contribution < 1.29 is 28.0 Å². The van der Waals surface area contributed by atoms with E-state index >= 15 is 0 Å². The molecule has 3 aromatic rings. The molecule has 4 aliphatic rings. The van der Waals surface area contributed by atoms with Gasteiger partial charge in [0.25, 0.3) is 11.8 Å². The van der Waals surface area contributed by atoms with Crippen molar-refractivity contribution in [2.24, 2.45) is 29.2 Å². The van der Waals surface area contributed by atoms with E-state index in [0.717, 1.165) is 49.4 Å². The molecule has 2 aliphatic heterocycles. The van der Waals surface area contributed by atoms with E-state index in [-0.39, 0.29) is 40.0 Å². The number of allylic oxidation sites excluding steroid dienone is 1. The lowest BCUT2D eigenvalue weighted by Gasteiger charge is -2.49. The van der Waals surface area contributed by atoms with Crippen LogP contribution in [0.5, 0.6) is 11.6 Å². The van der Waals surface area contributed by atoms with Crippen LogP contribution in [0.15, 0.2) is 59.1 Å². The highest BCUT2D eigenvalue weighted by Gasteiger charge is 2.47. The Morgan fingerprint density at radius 2 is 2.00 bits per heavy atom. The van der Waals surface area contributed by atoms with Crippen LogP contribution in [0.3, 0.4) is 0 Å². The van der Waals surface area contributed by atoms with Gasteiger partial charge in [-0.05, 0) is 105 Å². The maximum atomic E-state index is 14.6. The number of hydrogen-bond donors (Lipinski definition) is 1. The molecule has 2 aliphatic carbocycles. The molecule has 7 rings (SSSR count). The Morgan fingerprint density at radius 3 is 2.75 bits per heavy atom. The minimum absolute atomic E-state index is 0.0424. The summed E-state index contributed by atoms with van der Waals surface area (Å²) in [5.41, 5.74) is 2.90. The minimum Gasteiger partial charge on any atom is -0.490 e. The standard InChI is InChI=1S/C39H48ClN5O6S/c1-25-8-6-16-38(2,50-5)31-13-10-28(31)20-45-23-39(17-7-9-26-18-29(40)12-14-32(26)39)24-51-34-15-11-27(19-33(34)45)35(46)42-52(48,22-25)43-36(47)30-21-44(3)41-37(30)49-4/h6,11-12,14-16,18-19,21,25,28,31H,7-10,13,17,20,22-24H2,1-5H3,(H,42,43,46,47,48)/b16-6+/t25-,28-,31+,38-,39-,52?/m0/s1. The fourth-order valence-electron chi connectivity index (χ4n) is 8.67. The number of halogens is 1. The Balaban J connectivity index is 1.32. The first-order valence-electron chi connectivity index (χ1n) is 18.1. The molecule has 0 saturated heterocycles. The molecule has 2 amide bonds. The second-order valence-electron chi connectivity index (χ2n) is 15.2. The molecule has 52 heavy (non-hydrogen) atoms. The molecule has 1 saturated carbocycles. The molecule has 3 heterocycles. The van der Waals surface area contributed by atoms with Crippen LogP contribution in [0.25, 0.3) is 0 Å². The van der Waals surface area contributed by atoms with E-state index in [9.17, 15) is 13.8 Å². The zero-order valence-corrected chi connectivity index (χ0v) is 32.1. The fourth-order valence-corrected chi connectivity index (χ4v) is 10.7. The predicted molar refractivity (Wildman–Crippen MR) is 202 cm³/mol. The van der Waals surface area contributed by atoms with Crippen molar-refractivity contribution >= 4 is 39.0 Å². The Bertz CT molecular complexity index is 2040. The van der Waals surface area contributed by atoms with Gasteiger partial charge in [0.1, 0.15) is 21.2 Å². The number of anilines is 1. The molecule has 11 nitrogen and oxygen atoms in total. The number of nitrogens with zero attached hydrogens (tertiary/aromatic N) is 4. The van der Waals surface area contributed by atoms with Crippen LogP contribution in [0.4, 0.5) is 5.69 Å². The van der Waals surface area contributed by atoms with Gasteiger partial charge in [0.15, 0.2) is 0 Å². The lowest BCUT2D eigenvalue weighted by molar-refractivity contribution is -0.0621. The Hall–Kier alpha value is -3.87. The molecule has 278 valence electrons. The first-order chi connectivity index (χ1) is 24.8. The first-order valence-corrected chi connectivity index (χ1v) is 20.1. The molecule has 2 aromatic carbocycles. The van der Waals surface area contributed by atoms with Crippen LogP contribution in [0, 0.1) is 17.8 Å². The Labute approximate surface area is 311 Å². The molecule has 6 atom stereocenters. The Morgan fingerprint density at radius 1 is 1.17 bits per heavy atom. The van der Waals surface area contributed by atoms with Crippen molar-refractivity contribution in [1.82, 2.24) is 14.5 Å². The number of rotatable bonds is 4. The average molecular weight is 750 g/mol. The van der Waals surface area contributed by atoms with Crippen molar-refractivity contribution in [3.8, 4) is 11.6 Å². The van der Waals surface area contributed by atoms with Gasteiger partial charge in [0, 0.05) is 49.4 Å². The zero-order chi connectivity index (χ0) is 36.8. The quantitative estimate of drug-likeness (QED) is 0.299. The van der Waals surface area contributed by atoms with Crippen molar-refractivity contribution in [1.29, 1.82) is 0 Å². The largest absolute Gasteiger partial charge is 0.490 e. The summed E-state index contributed by atoms with van der Waals surface area (Å²) in [6, 6.07) is 11.5. The number of ether oxygens (including phenoxy) is 3. The number of methoxy groups -OCH3 is 2. The second kappa shape index (κ2) is 14.2. The first kappa shape index (κ1) is 36.5. The molecule has 1 spiro atoms. The van der Waals surface area contributed by atoms with Gasteiger partial charge < -0.3 is 19.1 Å². The maximum absolute atomic E-state index is 14.6. The van der Waals surface area contributed by atoms with Gasteiger partial charge in [-0.2, -0.15) is 0 Å². The number of carbonyl (C=O) groups is 2. The monoisotopic (exact) mass is 749 g/mol. The Kier molecular flexibility index (Phi) is 9.94. The summed E-state index contributed by atoms with van der Waals surface area (Å²) in [4.78, 5) is 30.0. The molecule has 13 heteroatoms. The highest BCUT2D eigenvalue weighted by molar-refractivity contribution is 7.92. The summed E-state index contributed by atoms with van der Waals surface area (Å²) >= 11 is 6.47. The third-order valence-corrected chi connectivity index (χ3v) is 13.8. The number of amides is 2. The van der Waals surface area contributed by atoms with Crippen molar-refractivity contribution in [2.45, 2.75) is 63.4 Å². The van der Waals surface area contributed by atoms with Crippen molar-refractivity contribution in [3.63, 3.8) is 0 Å². The SMILES string of the molecule is COc1nn(C)cc1C(=O)NS1(=O)=NC(=O)c2ccc3c(c2)N(C[C@@H]2CC[C@H]2[C@@](C)(OC)/C=C/C[C@H](C)C1)C[C@@]1(CCCc2cc(Cl)ccc21)CO3. The molecule has 1 N–H and O–H groups in total. The minimum atomic E-state index is -3.61. The number of nitrogens with one attached hydrogen (secondary N) is 1. The van der Waals surface area contributed by atoms with E-state index in [4.69, 9.17) is 25.8 Å². The highest BCUT2D eigenvalue weighted by Crippen LogP contribution is 2.49. The summed E-state index contributed by atoms with van der Waals surface area (Å²) in [6.45, 7) is 6.02. The summed E-state index contributed by atoms with van der Waals surface area (Å²) in [5, 5.41) is 4.89. The van der Waals surface area contributed by atoms with Gasteiger partial charge in [-0.1, -0.05) is 36.7 Å². The summed E-state index contributed by atoms with van der Waals surface area (Å²) in [7, 11) is 1.22. The molecule has 2 bridgehead atoms. The van der Waals surface area contributed by atoms with Gasteiger partial charge in [-0.25, -0.2) is 4.21 Å². The third kappa shape index (κ3) is 6.97. The van der Waals surface area contributed by atoms with Crippen LogP contribution in [0.2, 0.25) is 5.02 Å². The number of carbonyl (C=O) groups excluding carboxylic acids is 2. The highest BCUT2D eigenvalue weighted by atomic mass is 35.5. The number of hydrogen-bond acceptors (Lipinski definition) is 8. The molecular formula is C39H48ClN5O6S. The van der Waals surface area contributed by atoms with Gasteiger partial charge in [-0.3, -0.25) is 19.0 Å². The van der Waals surface area contributed by atoms with Crippen LogP contribution >= 0.6 is 11.6 Å². The summed E-state index contributed by atoms with van der Waals surface area (Å²) < 4.78 is 41.1. The third-order valence-electron chi connectivity index (χ3n) is 11.5. The lowest BCUT2D eigenvalue weighted by atomic mass is 9.64.